The highest BCUT2D eigenvalue weighted by molar-refractivity contribution is 7.89. The lowest BCUT2D eigenvalue weighted by molar-refractivity contribution is -0.111. The summed E-state index contributed by atoms with van der Waals surface area (Å²) in [6.45, 7) is 2.81. The first-order valence-electron chi connectivity index (χ1n) is 8.79. The molecule has 3 rings (SSSR count). The van der Waals surface area contributed by atoms with E-state index in [-0.39, 0.29) is 32.0 Å². The first kappa shape index (κ1) is 20.2. The smallest absolute Gasteiger partial charge is 0.248 e. The van der Waals surface area contributed by atoms with Crippen molar-refractivity contribution >= 4 is 27.7 Å². The Balaban J connectivity index is 1.76. The van der Waals surface area contributed by atoms with Crippen molar-refractivity contribution < 1.29 is 22.3 Å². The molecule has 1 heterocycles. The maximum Gasteiger partial charge on any atom is 0.248 e. The molecule has 8 heteroatoms. The van der Waals surface area contributed by atoms with E-state index in [1.54, 1.807) is 6.08 Å². The van der Waals surface area contributed by atoms with Crippen LogP contribution in [0.2, 0.25) is 0 Å². The second-order valence-corrected chi connectivity index (χ2v) is 8.30. The summed E-state index contributed by atoms with van der Waals surface area (Å²) >= 11 is 0. The Morgan fingerprint density at radius 1 is 1.18 bits per heavy atom. The molecule has 0 spiro atoms. The minimum absolute atomic E-state index is 0.164. The van der Waals surface area contributed by atoms with E-state index in [0.717, 1.165) is 23.3 Å². The van der Waals surface area contributed by atoms with Gasteiger partial charge in [0, 0.05) is 24.9 Å². The zero-order valence-electron chi connectivity index (χ0n) is 15.4. The van der Waals surface area contributed by atoms with Gasteiger partial charge in [-0.15, -0.1) is 0 Å². The number of anilines is 1. The third kappa shape index (κ3) is 4.83. The molecule has 0 atom stereocenters. The van der Waals surface area contributed by atoms with Crippen LogP contribution >= 0.6 is 0 Å². The number of hydrogen-bond donors (Lipinski definition) is 1. The van der Waals surface area contributed by atoms with Crippen molar-refractivity contribution in [2.24, 2.45) is 0 Å². The highest BCUT2D eigenvalue weighted by Gasteiger charge is 2.29. The van der Waals surface area contributed by atoms with E-state index in [4.69, 9.17) is 4.74 Å². The molecule has 1 saturated heterocycles. The van der Waals surface area contributed by atoms with Gasteiger partial charge in [0.15, 0.2) is 0 Å². The van der Waals surface area contributed by atoms with Crippen molar-refractivity contribution in [3.63, 3.8) is 0 Å². The molecule has 6 nitrogen and oxygen atoms in total. The fourth-order valence-corrected chi connectivity index (χ4v) is 4.33. The molecule has 1 amide bonds. The summed E-state index contributed by atoms with van der Waals surface area (Å²) in [7, 11) is -4.00. The highest BCUT2D eigenvalue weighted by atomic mass is 32.2. The molecule has 2 aromatic carbocycles. The first-order valence-corrected chi connectivity index (χ1v) is 10.2. The molecule has 2 aromatic rings. The molecule has 0 unspecified atom stereocenters. The third-order valence-electron chi connectivity index (χ3n) is 4.26. The topological polar surface area (TPSA) is 75.7 Å². The zero-order valence-corrected chi connectivity index (χ0v) is 16.2. The molecule has 0 aromatic heterocycles. The van der Waals surface area contributed by atoms with Crippen LogP contribution in [0, 0.1) is 12.7 Å². The number of nitrogens with zero attached hydrogens (tertiary/aromatic N) is 1. The average molecular weight is 404 g/mol. The Bertz CT molecular complexity index is 999. The van der Waals surface area contributed by atoms with Gasteiger partial charge < -0.3 is 10.1 Å². The summed E-state index contributed by atoms with van der Waals surface area (Å²) in [5.74, 6) is -1.30. The maximum absolute atomic E-state index is 14.2. The minimum atomic E-state index is -4.00. The number of hydrogen-bond acceptors (Lipinski definition) is 4. The monoisotopic (exact) mass is 404 g/mol. The Labute approximate surface area is 163 Å². The van der Waals surface area contributed by atoms with Gasteiger partial charge in [0.25, 0.3) is 0 Å². The number of halogens is 1. The van der Waals surface area contributed by atoms with Crippen LogP contribution in [0.3, 0.4) is 0 Å². The van der Waals surface area contributed by atoms with Crippen molar-refractivity contribution in [1.82, 2.24) is 4.31 Å². The fourth-order valence-electron chi connectivity index (χ4n) is 2.83. The summed E-state index contributed by atoms with van der Waals surface area (Å²) < 4.78 is 45.9. The summed E-state index contributed by atoms with van der Waals surface area (Å²) in [6, 6.07) is 11.1. The van der Waals surface area contributed by atoms with Gasteiger partial charge in [0.05, 0.1) is 13.2 Å². The molecule has 148 valence electrons. The van der Waals surface area contributed by atoms with E-state index in [1.807, 2.05) is 31.2 Å². The molecule has 0 radical (unpaired) electrons. The van der Waals surface area contributed by atoms with Crippen LogP contribution in [0.15, 0.2) is 53.4 Å². The van der Waals surface area contributed by atoms with Gasteiger partial charge >= 0.3 is 0 Å². The summed E-state index contributed by atoms with van der Waals surface area (Å²) in [6.07, 6.45) is 2.99. The van der Waals surface area contributed by atoms with E-state index >= 15 is 0 Å². The lowest BCUT2D eigenvalue weighted by Crippen LogP contribution is -2.40. The van der Waals surface area contributed by atoms with Crippen LogP contribution < -0.4 is 5.32 Å². The predicted octanol–water partition coefficient (Wildman–Crippen LogP) is 2.81. The van der Waals surface area contributed by atoms with Crippen molar-refractivity contribution in [2.75, 3.05) is 31.6 Å². The fraction of sp³-hybridized carbons (Fsp3) is 0.250. The molecule has 0 bridgehead atoms. The minimum Gasteiger partial charge on any atom is -0.379 e. The Kier molecular flexibility index (Phi) is 6.23. The number of rotatable bonds is 5. The molecule has 1 aliphatic rings. The van der Waals surface area contributed by atoms with E-state index in [1.165, 1.54) is 16.4 Å². The zero-order chi connectivity index (χ0) is 20.1. The Hall–Kier alpha value is -2.55. The number of carbonyl (C=O) groups is 1. The van der Waals surface area contributed by atoms with Crippen molar-refractivity contribution in [2.45, 2.75) is 11.8 Å². The highest BCUT2D eigenvalue weighted by Crippen LogP contribution is 2.24. The van der Waals surface area contributed by atoms with E-state index < -0.39 is 26.6 Å². The molecular formula is C20H21FN2O4S. The summed E-state index contributed by atoms with van der Waals surface area (Å²) in [5.41, 5.74) is 2.14. The number of nitrogens with one attached hydrogen (secondary N) is 1. The molecule has 1 N–H and O–H groups in total. The molecule has 1 aliphatic heterocycles. The van der Waals surface area contributed by atoms with Crippen molar-refractivity contribution in [3.8, 4) is 0 Å². The third-order valence-corrected chi connectivity index (χ3v) is 6.17. The van der Waals surface area contributed by atoms with Crippen LogP contribution in [0.1, 0.15) is 11.1 Å². The second kappa shape index (κ2) is 8.64. The van der Waals surface area contributed by atoms with Gasteiger partial charge in [-0.1, -0.05) is 29.8 Å². The molecule has 0 aliphatic carbocycles. The number of amides is 1. The normalized spacial score (nSPS) is 15.6. The maximum atomic E-state index is 14.2. The van der Waals surface area contributed by atoms with Crippen LogP contribution in [-0.4, -0.2) is 44.9 Å². The van der Waals surface area contributed by atoms with Gasteiger partial charge in [-0.25, -0.2) is 12.8 Å². The van der Waals surface area contributed by atoms with Crippen LogP contribution in [0.5, 0.6) is 0 Å². The first-order chi connectivity index (χ1) is 13.4. The molecule has 28 heavy (non-hydrogen) atoms. The quantitative estimate of drug-likeness (QED) is 0.778. The van der Waals surface area contributed by atoms with Gasteiger partial charge in [0.2, 0.25) is 15.9 Å². The summed E-state index contributed by atoms with van der Waals surface area (Å²) in [5, 5.41) is 2.57. The van der Waals surface area contributed by atoms with Gasteiger partial charge in [0.1, 0.15) is 10.7 Å². The number of sulfonamides is 1. The number of benzene rings is 2. The standard InChI is InChI=1S/C20H21FN2O4S/c1-15-3-2-4-16(13-15)5-8-20(24)22-17-6-7-18(21)19(14-17)28(25,26)23-9-11-27-12-10-23/h2-8,13-14H,9-12H2,1H3,(H,22,24). The van der Waals surface area contributed by atoms with E-state index in [2.05, 4.69) is 5.32 Å². The molecule has 1 fully saturated rings. The number of ether oxygens (including phenoxy) is 1. The molecule has 0 saturated carbocycles. The van der Waals surface area contributed by atoms with Crippen LogP contribution in [0.25, 0.3) is 6.08 Å². The van der Waals surface area contributed by atoms with Crippen molar-refractivity contribution in [3.05, 3.63) is 65.5 Å². The van der Waals surface area contributed by atoms with Crippen molar-refractivity contribution in [1.29, 1.82) is 0 Å². The number of carbonyl (C=O) groups excluding carboxylic acids is 1. The average Bonchev–Trinajstić information content (AvgIpc) is 2.68. The summed E-state index contributed by atoms with van der Waals surface area (Å²) in [4.78, 5) is 11.7. The Morgan fingerprint density at radius 3 is 2.64 bits per heavy atom. The Morgan fingerprint density at radius 2 is 1.93 bits per heavy atom. The van der Waals surface area contributed by atoms with Crippen LogP contribution in [0.4, 0.5) is 10.1 Å². The number of aryl methyl sites for hydroxylation is 1. The largest absolute Gasteiger partial charge is 0.379 e. The lowest BCUT2D eigenvalue weighted by atomic mass is 10.1. The van der Waals surface area contributed by atoms with E-state index in [9.17, 15) is 17.6 Å². The van der Waals surface area contributed by atoms with Gasteiger partial charge in [-0.05, 0) is 36.8 Å². The van der Waals surface area contributed by atoms with E-state index in [0.29, 0.717) is 0 Å². The predicted molar refractivity (Wildman–Crippen MR) is 105 cm³/mol. The van der Waals surface area contributed by atoms with Gasteiger partial charge in [-0.2, -0.15) is 4.31 Å². The second-order valence-electron chi connectivity index (χ2n) is 6.40. The number of morpholine rings is 1. The SMILES string of the molecule is Cc1cccc(C=CC(=O)Nc2ccc(F)c(S(=O)(=O)N3CCOCC3)c2)c1. The lowest BCUT2D eigenvalue weighted by Gasteiger charge is -2.26. The molecular weight excluding hydrogens is 383 g/mol. The van der Waals surface area contributed by atoms with Crippen LogP contribution in [-0.2, 0) is 19.6 Å². The van der Waals surface area contributed by atoms with Gasteiger partial charge in [-0.3, -0.25) is 4.79 Å².